The number of hydrogen-bond donors (Lipinski definition) is 0. The Kier molecular flexibility index (Phi) is 2.49. The van der Waals surface area contributed by atoms with Crippen molar-refractivity contribution >= 4 is 5.91 Å². The lowest BCUT2D eigenvalue weighted by Crippen LogP contribution is -2.30. The maximum atomic E-state index is 11.1. The van der Waals surface area contributed by atoms with E-state index >= 15 is 0 Å². The number of piperidine rings is 1. The molecule has 1 rings (SSSR count). The van der Waals surface area contributed by atoms with Crippen LogP contribution in [0.15, 0.2) is 12.3 Å². The predicted octanol–water partition coefficient (Wildman–Crippen LogP) is 1.53. The van der Waals surface area contributed by atoms with Gasteiger partial charge in [-0.1, -0.05) is 6.08 Å². The first-order valence-electron chi connectivity index (χ1n) is 3.77. The van der Waals surface area contributed by atoms with Crippen molar-refractivity contribution in [2.75, 3.05) is 6.54 Å². The molecule has 0 saturated carbocycles. The van der Waals surface area contributed by atoms with Gasteiger partial charge in [0, 0.05) is 19.2 Å². The Labute approximate surface area is 61.5 Å². The zero-order chi connectivity index (χ0) is 7.40. The molecule has 1 amide bonds. The smallest absolute Gasteiger partial charge is 0.226 e. The number of rotatable bonds is 1. The van der Waals surface area contributed by atoms with Crippen LogP contribution in [0.4, 0.5) is 0 Å². The van der Waals surface area contributed by atoms with Crippen LogP contribution < -0.4 is 0 Å². The molecule has 0 bridgehead atoms. The summed E-state index contributed by atoms with van der Waals surface area (Å²) in [6, 6.07) is 0. The van der Waals surface area contributed by atoms with Crippen LogP contribution in [-0.2, 0) is 4.79 Å². The van der Waals surface area contributed by atoms with Gasteiger partial charge in [0.05, 0.1) is 0 Å². The summed E-state index contributed by atoms with van der Waals surface area (Å²) in [6.07, 6.45) is 6.71. The van der Waals surface area contributed by atoms with E-state index in [2.05, 4.69) is 0 Å². The van der Waals surface area contributed by atoms with E-state index in [0.717, 1.165) is 25.8 Å². The van der Waals surface area contributed by atoms with Gasteiger partial charge in [0.25, 0.3) is 0 Å². The maximum Gasteiger partial charge on any atom is 0.226 e. The van der Waals surface area contributed by atoms with Crippen molar-refractivity contribution in [3.63, 3.8) is 0 Å². The van der Waals surface area contributed by atoms with Crippen LogP contribution in [0.25, 0.3) is 0 Å². The van der Waals surface area contributed by atoms with Gasteiger partial charge in [-0.15, -0.1) is 0 Å². The average Bonchev–Trinajstić information content (AvgIpc) is 1.94. The standard InChI is InChI=1S/C8H13NO/c1-2-6-9-7-4-3-5-8(9)10/h2,6H,3-5,7H2,1H3/b6-2-. The van der Waals surface area contributed by atoms with Crippen molar-refractivity contribution in [1.82, 2.24) is 4.90 Å². The summed E-state index contributed by atoms with van der Waals surface area (Å²) < 4.78 is 0. The number of amides is 1. The van der Waals surface area contributed by atoms with Crippen LogP contribution in [0, 0.1) is 0 Å². The Balaban J connectivity index is 2.48. The quantitative estimate of drug-likeness (QED) is 0.539. The van der Waals surface area contributed by atoms with Crippen molar-refractivity contribution in [2.45, 2.75) is 26.2 Å². The highest BCUT2D eigenvalue weighted by molar-refractivity contribution is 5.77. The van der Waals surface area contributed by atoms with Crippen LogP contribution in [0.5, 0.6) is 0 Å². The molecule has 0 unspecified atom stereocenters. The molecule has 0 atom stereocenters. The number of allylic oxidation sites excluding steroid dienone is 1. The van der Waals surface area contributed by atoms with E-state index in [0.29, 0.717) is 0 Å². The normalized spacial score (nSPS) is 20.5. The fraction of sp³-hybridized carbons (Fsp3) is 0.625. The minimum atomic E-state index is 0.268. The summed E-state index contributed by atoms with van der Waals surface area (Å²) in [7, 11) is 0. The van der Waals surface area contributed by atoms with E-state index in [-0.39, 0.29) is 5.91 Å². The Morgan fingerprint density at radius 3 is 2.90 bits per heavy atom. The minimum absolute atomic E-state index is 0.268. The first-order valence-corrected chi connectivity index (χ1v) is 3.77. The lowest BCUT2D eigenvalue weighted by molar-refractivity contribution is -0.130. The summed E-state index contributed by atoms with van der Waals surface area (Å²) in [6.45, 7) is 2.84. The Morgan fingerprint density at radius 1 is 1.50 bits per heavy atom. The topological polar surface area (TPSA) is 20.3 Å². The number of hydrogen-bond acceptors (Lipinski definition) is 1. The van der Waals surface area contributed by atoms with Crippen molar-refractivity contribution in [3.8, 4) is 0 Å². The molecule has 1 fully saturated rings. The zero-order valence-electron chi connectivity index (χ0n) is 6.34. The molecule has 0 aliphatic carbocycles. The molecule has 10 heavy (non-hydrogen) atoms. The fourth-order valence-electron chi connectivity index (χ4n) is 1.16. The highest BCUT2D eigenvalue weighted by Crippen LogP contribution is 2.09. The molecule has 1 aliphatic heterocycles. The molecular weight excluding hydrogens is 126 g/mol. The van der Waals surface area contributed by atoms with Gasteiger partial charge in [0.15, 0.2) is 0 Å². The third-order valence-corrected chi connectivity index (χ3v) is 1.69. The molecule has 2 nitrogen and oxygen atoms in total. The second-order valence-corrected chi connectivity index (χ2v) is 2.53. The van der Waals surface area contributed by atoms with E-state index < -0.39 is 0 Å². The molecule has 0 aromatic carbocycles. The first kappa shape index (κ1) is 7.32. The van der Waals surface area contributed by atoms with E-state index in [1.807, 2.05) is 19.2 Å². The summed E-state index contributed by atoms with van der Waals surface area (Å²) in [5.41, 5.74) is 0. The lowest BCUT2D eigenvalue weighted by atomic mass is 10.1. The van der Waals surface area contributed by atoms with Crippen LogP contribution in [-0.4, -0.2) is 17.4 Å². The summed E-state index contributed by atoms with van der Waals surface area (Å²) >= 11 is 0. The fourth-order valence-corrected chi connectivity index (χ4v) is 1.16. The predicted molar refractivity (Wildman–Crippen MR) is 40.4 cm³/mol. The lowest BCUT2D eigenvalue weighted by Gasteiger charge is -2.22. The van der Waals surface area contributed by atoms with Crippen molar-refractivity contribution < 1.29 is 4.79 Å². The molecule has 1 heterocycles. The van der Waals surface area contributed by atoms with E-state index in [4.69, 9.17) is 0 Å². The van der Waals surface area contributed by atoms with Crippen LogP contribution >= 0.6 is 0 Å². The van der Waals surface area contributed by atoms with Crippen LogP contribution in [0.3, 0.4) is 0 Å². The number of likely N-dealkylation sites (tertiary alicyclic amines) is 1. The number of carbonyl (C=O) groups excluding carboxylic acids is 1. The Morgan fingerprint density at radius 2 is 2.30 bits per heavy atom. The molecule has 2 heteroatoms. The van der Waals surface area contributed by atoms with Crippen molar-refractivity contribution in [2.24, 2.45) is 0 Å². The van der Waals surface area contributed by atoms with Crippen molar-refractivity contribution in [3.05, 3.63) is 12.3 Å². The van der Waals surface area contributed by atoms with Crippen LogP contribution in [0.2, 0.25) is 0 Å². The van der Waals surface area contributed by atoms with E-state index in [1.54, 1.807) is 4.90 Å². The molecule has 0 N–H and O–H groups in total. The highest BCUT2D eigenvalue weighted by atomic mass is 16.2. The first-order chi connectivity index (χ1) is 4.84. The Bertz CT molecular complexity index is 151. The zero-order valence-corrected chi connectivity index (χ0v) is 6.34. The van der Waals surface area contributed by atoms with E-state index in [9.17, 15) is 4.79 Å². The van der Waals surface area contributed by atoms with Gasteiger partial charge in [-0.2, -0.15) is 0 Å². The molecule has 1 saturated heterocycles. The van der Waals surface area contributed by atoms with E-state index in [1.165, 1.54) is 0 Å². The molecule has 0 aromatic rings. The average molecular weight is 139 g/mol. The summed E-state index contributed by atoms with van der Waals surface area (Å²) in [4.78, 5) is 12.9. The summed E-state index contributed by atoms with van der Waals surface area (Å²) in [5, 5.41) is 0. The Hall–Kier alpha value is -0.790. The third-order valence-electron chi connectivity index (χ3n) is 1.69. The molecule has 0 spiro atoms. The van der Waals surface area contributed by atoms with Crippen molar-refractivity contribution in [1.29, 1.82) is 0 Å². The monoisotopic (exact) mass is 139 g/mol. The number of carbonyl (C=O) groups is 1. The second kappa shape index (κ2) is 3.40. The molecular formula is C8H13NO. The van der Waals surface area contributed by atoms with Gasteiger partial charge in [0.2, 0.25) is 5.91 Å². The van der Waals surface area contributed by atoms with Gasteiger partial charge >= 0.3 is 0 Å². The molecule has 0 radical (unpaired) electrons. The van der Waals surface area contributed by atoms with Gasteiger partial charge in [-0.05, 0) is 19.8 Å². The molecule has 1 aliphatic rings. The molecule has 0 aromatic heterocycles. The largest absolute Gasteiger partial charge is 0.319 e. The van der Waals surface area contributed by atoms with Crippen LogP contribution in [0.1, 0.15) is 26.2 Å². The third kappa shape index (κ3) is 1.59. The van der Waals surface area contributed by atoms with Gasteiger partial charge in [-0.25, -0.2) is 0 Å². The molecule has 56 valence electrons. The van der Waals surface area contributed by atoms with Gasteiger partial charge in [0.1, 0.15) is 0 Å². The highest BCUT2D eigenvalue weighted by Gasteiger charge is 2.14. The minimum Gasteiger partial charge on any atom is -0.319 e. The van der Waals surface area contributed by atoms with Gasteiger partial charge in [-0.3, -0.25) is 4.79 Å². The van der Waals surface area contributed by atoms with Gasteiger partial charge < -0.3 is 4.90 Å². The number of nitrogens with zero attached hydrogens (tertiary/aromatic N) is 1. The second-order valence-electron chi connectivity index (χ2n) is 2.53. The SMILES string of the molecule is C/C=C\N1CCCCC1=O. The summed E-state index contributed by atoms with van der Waals surface area (Å²) in [5.74, 6) is 0.268. The maximum absolute atomic E-state index is 11.1.